The topological polar surface area (TPSA) is 6.48 Å². The zero-order valence-corrected chi connectivity index (χ0v) is 43.9. The maximum Gasteiger partial charge on any atom is 0.0543 e. The third-order valence-electron chi connectivity index (χ3n) is 14.4. The van der Waals surface area contributed by atoms with Gasteiger partial charge in [-0.1, -0.05) is 161 Å². The molecule has 0 heterocycles. The van der Waals surface area contributed by atoms with Gasteiger partial charge in [0, 0.05) is 39.2 Å². The lowest BCUT2D eigenvalue weighted by molar-refractivity contribution is 0.661. The third-order valence-corrected chi connectivity index (χ3v) is 14.4. The molecule has 71 heavy (non-hydrogen) atoms. The first-order valence-electron chi connectivity index (χ1n) is 25.5. The first-order chi connectivity index (χ1) is 34.3. The Kier molecular flexibility index (Phi) is 13.6. The third kappa shape index (κ3) is 9.05. The summed E-state index contributed by atoms with van der Waals surface area (Å²) in [6, 6.07) is 68.1. The minimum atomic E-state index is -0.314. The number of allylic oxidation sites excluding steroid dienone is 4. The minimum Gasteiger partial charge on any atom is -0.310 e. The van der Waals surface area contributed by atoms with Gasteiger partial charge in [-0.25, -0.2) is 0 Å². The van der Waals surface area contributed by atoms with Gasteiger partial charge in [-0.2, -0.15) is 0 Å². The smallest absolute Gasteiger partial charge is 0.0543 e. The highest BCUT2D eigenvalue weighted by atomic mass is 15.1. The number of anilines is 6. The average molecular weight is 925 g/mol. The Hall–Kier alpha value is -7.68. The first-order valence-corrected chi connectivity index (χ1v) is 25.5. The summed E-state index contributed by atoms with van der Waals surface area (Å²) in [5, 5.41) is 2.50. The molecule has 0 N–H and O–H groups in total. The zero-order chi connectivity index (χ0) is 50.1. The van der Waals surface area contributed by atoms with E-state index in [-0.39, 0.29) is 5.41 Å². The summed E-state index contributed by atoms with van der Waals surface area (Å²) in [5.41, 5.74) is 26.9. The van der Waals surface area contributed by atoms with Gasteiger partial charge in [0.15, 0.2) is 0 Å². The number of nitrogens with zero attached hydrogens (tertiary/aromatic N) is 2. The van der Waals surface area contributed by atoms with E-state index in [4.69, 9.17) is 0 Å². The largest absolute Gasteiger partial charge is 0.310 e. The summed E-state index contributed by atoms with van der Waals surface area (Å²) in [6.07, 6.45) is 4.37. The Balaban J connectivity index is 0.00000308. The average Bonchev–Trinajstić information content (AvgIpc) is 3.59. The second-order valence-corrected chi connectivity index (χ2v) is 19.9. The van der Waals surface area contributed by atoms with Crippen LogP contribution in [0, 0.1) is 34.6 Å². The normalized spacial score (nSPS) is 12.3. The molecule has 0 saturated carbocycles. The van der Waals surface area contributed by atoms with Crippen LogP contribution in [0.5, 0.6) is 0 Å². The fourth-order valence-corrected chi connectivity index (χ4v) is 11.0. The van der Waals surface area contributed by atoms with E-state index in [0.717, 1.165) is 28.4 Å². The van der Waals surface area contributed by atoms with Gasteiger partial charge in [-0.3, -0.25) is 0 Å². The molecule has 9 aromatic rings. The lowest BCUT2D eigenvalue weighted by Gasteiger charge is -2.31. The number of hydrogen-bond acceptors (Lipinski definition) is 2. The van der Waals surface area contributed by atoms with E-state index >= 15 is 0 Å². The van der Waals surface area contributed by atoms with Gasteiger partial charge in [-0.05, 0) is 211 Å². The van der Waals surface area contributed by atoms with Crippen LogP contribution in [0.2, 0.25) is 0 Å². The standard InChI is InChI=1S/C67H62N2.C2H6/c1-11-19-56(43(2)3)58-33-30-52(39-47(58)7)68(51-28-26-50(27-29-51)49-21-13-12-14-22-49)54-32-35-62-63(41-54)67(9,10)64-42-65(60-24-17-18-25-61(60)66(62)64)69(55-37-44(4)36-45(5)38-55)53-31-34-59(48(8)40-53)57-23-16-15-20-46(57)6;1-2/h11-42H,1-10H3;1-2H3/b19-11-;. The van der Waals surface area contributed by atoms with Gasteiger partial charge in [0.05, 0.1) is 5.69 Å². The maximum absolute atomic E-state index is 2.51. The van der Waals surface area contributed by atoms with E-state index in [2.05, 4.69) is 273 Å². The van der Waals surface area contributed by atoms with E-state index < -0.39 is 0 Å². The Bertz CT molecular complexity index is 3470. The highest BCUT2D eigenvalue weighted by Crippen LogP contribution is 2.56. The molecule has 0 aliphatic heterocycles. The van der Waals surface area contributed by atoms with Gasteiger partial charge in [0.2, 0.25) is 0 Å². The summed E-state index contributed by atoms with van der Waals surface area (Å²) in [6.45, 7) is 26.5. The minimum absolute atomic E-state index is 0.314. The van der Waals surface area contributed by atoms with E-state index in [1.807, 2.05) is 13.8 Å². The van der Waals surface area contributed by atoms with Gasteiger partial charge >= 0.3 is 0 Å². The van der Waals surface area contributed by atoms with Crippen LogP contribution in [-0.2, 0) is 5.41 Å². The van der Waals surface area contributed by atoms with E-state index in [9.17, 15) is 0 Å². The zero-order valence-electron chi connectivity index (χ0n) is 43.9. The van der Waals surface area contributed by atoms with Gasteiger partial charge < -0.3 is 9.80 Å². The molecule has 9 aromatic carbocycles. The molecule has 0 saturated heterocycles. The molecule has 2 heteroatoms. The van der Waals surface area contributed by atoms with Crippen LogP contribution < -0.4 is 9.80 Å². The van der Waals surface area contributed by atoms with Gasteiger partial charge in [-0.15, -0.1) is 0 Å². The summed E-state index contributed by atoms with van der Waals surface area (Å²) in [4.78, 5) is 4.95. The van der Waals surface area contributed by atoms with Crippen LogP contribution in [0.4, 0.5) is 34.1 Å². The summed E-state index contributed by atoms with van der Waals surface area (Å²) >= 11 is 0. The number of benzene rings is 9. The Labute approximate surface area is 424 Å². The highest BCUT2D eigenvalue weighted by Gasteiger charge is 2.39. The van der Waals surface area contributed by atoms with Crippen LogP contribution in [-0.4, -0.2) is 0 Å². The monoisotopic (exact) mass is 925 g/mol. The number of rotatable bonds is 10. The summed E-state index contributed by atoms with van der Waals surface area (Å²) in [7, 11) is 0. The number of aryl methyl sites for hydroxylation is 5. The molecule has 0 fully saturated rings. The molecule has 10 rings (SSSR count). The molecular formula is C69H68N2. The predicted molar refractivity (Wildman–Crippen MR) is 310 cm³/mol. The SMILES string of the molecule is C/C=C\C(=C(C)C)c1ccc(N(c2ccc(-c3ccccc3)cc2)c2ccc3c(c2)C(C)(C)c2cc(N(c4cc(C)cc(C)c4)c4ccc(-c5ccccc5C)c(C)c4)c4ccccc4c2-3)cc1C.CC. The van der Waals surface area contributed by atoms with Crippen molar-refractivity contribution in [2.75, 3.05) is 9.80 Å². The van der Waals surface area contributed by atoms with Crippen molar-refractivity contribution in [2.24, 2.45) is 0 Å². The van der Waals surface area contributed by atoms with E-state index in [1.165, 1.54) is 105 Å². The van der Waals surface area contributed by atoms with Crippen molar-refractivity contribution in [3.8, 4) is 33.4 Å². The Morgan fingerprint density at radius 1 is 0.437 bits per heavy atom. The molecule has 0 bridgehead atoms. The van der Waals surface area contributed by atoms with E-state index in [1.54, 1.807) is 0 Å². The summed E-state index contributed by atoms with van der Waals surface area (Å²) < 4.78 is 0. The molecule has 354 valence electrons. The van der Waals surface area contributed by atoms with Crippen molar-refractivity contribution in [3.63, 3.8) is 0 Å². The quantitative estimate of drug-likeness (QED) is 0.126. The molecule has 0 aromatic heterocycles. The molecule has 0 atom stereocenters. The summed E-state index contributed by atoms with van der Waals surface area (Å²) in [5.74, 6) is 0. The van der Waals surface area contributed by atoms with Gasteiger partial charge in [0.25, 0.3) is 0 Å². The molecule has 0 amide bonds. The molecule has 1 aliphatic carbocycles. The lowest BCUT2D eigenvalue weighted by atomic mass is 9.81. The number of fused-ring (bicyclic) bond motifs is 5. The highest BCUT2D eigenvalue weighted by molar-refractivity contribution is 6.10. The molecular weight excluding hydrogens is 857 g/mol. The molecule has 1 aliphatic rings. The van der Waals surface area contributed by atoms with Crippen LogP contribution in [0.15, 0.2) is 200 Å². The fraction of sp³-hybridized carbons (Fsp3) is 0.188. The molecule has 0 spiro atoms. The molecule has 0 unspecified atom stereocenters. The fourth-order valence-electron chi connectivity index (χ4n) is 11.0. The van der Waals surface area contributed by atoms with Crippen LogP contribution in [0.25, 0.3) is 49.7 Å². The van der Waals surface area contributed by atoms with Crippen LogP contribution in [0.1, 0.15) is 93.0 Å². The van der Waals surface area contributed by atoms with Crippen molar-refractivity contribution >= 4 is 50.5 Å². The van der Waals surface area contributed by atoms with Crippen molar-refractivity contribution in [2.45, 2.75) is 88.5 Å². The van der Waals surface area contributed by atoms with Crippen molar-refractivity contribution < 1.29 is 0 Å². The Morgan fingerprint density at radius 3 is 1.63 bits per heavy atom. The predicted octanol–water partition coefficient (Wildman–Crippen LogP) is 20.4. The number of hydrogen-bond donors (Lipinski definition) is 0. The van der Waals surface area contributed by atoms with E-state index in [0.29, 0.717) is 0 Å². The molecule has 2 nitrogen and oxygen atoms in total. The Morgan fingerprint density at radius 2 is 0.986 bits per heavy atom. The molecule has 0 radical (unpaired) electrons. The first kappa shape index (κ1) is 48.3. The lowest BCUT2D eigenvalue weighted by Crippen LogP contribution is -2.18. The van der Waals surface area contributed by atoms with Gasteiger partial charge in [0.1, 0.15) is 0 Å². The second kappa shape index (κ2) is 20.0. The van der Waals surface area contributed by atoms with Crippen LogP contribution in [0.3, 0.4) is 0 Å². The second-order valence-electron chi connectivity index (χ2n) is 19.9. The van der Waals surface area contributed by atoms with Crippen LogP contribution >= 0.6 is 0 Å². The van der Waals surface area contributed by atoms with Crippen molar-refractivity contribution in [1.82, 2.24) is 0 Å². The maximum atomic E-state index is 2.51. The van der Waals surface area contributed by atoms with Crippen molar-refractivity contribution in [3.05, 3.63) is 244 Å². The van der Waals surface area contributed by atoms with Crippen molar-refractivity contribution in [1.29, 1.82) is 0 Å².